The van der Waals surface area contributed by atoms with Crippen LogP contribution in [-0.2, 0) is 0 Å². The minimum Gasteiger partial charge on any atom is -0.437 e. The van der Waals surface area contributed by atoms with Crippen molar-refractivity contribution in [2.24, 2.45) is 0 Å². The summed E-state index contributed by atoms with van der Waals surface area (Å²) in [6.45, 7) is 12.1. The lowest BCUT2D eigenvalue weighted by Gasteiger charge is -2.13. The summed E-state index contributed by atoms with van der Waals surface area (Å²) >= 11 is 0. The second kappa shape index (κ2) is 7.23. The maximum absolute atomic E-state index is 6.06. The van der Waals surface area contributed by atoms with Crippen LogP contribution < -0.4 is 4.74 Å². The Hall–Kier alpha value is -2.42. The van der Waals surface area contributed by atoms with Gasteiger partial charge in [-0.3, -0.25) is 0 Å². The summed E-state index contributed by atoms with van der Waals surface area (Å²) in [5.74, 6) is 1.44. The van der Waals surface area contributed by atoms with E-state index in [0.29, 0.717) is 5.88 Å². The predicted molar refractivity (Wildman–Crippen MR) is 96.4 cm³/mol. The number of aryl methyl sites for hydroxylation is 4. The van der Waals surface area contributed by atoms with Gasteiger partial charge in [0.05, 0.1) is 11.0 Å². The summed E-state index contributed by atoms with van der Waals surface area (Å²) < 4.78 is 6.06. The van der Waals surface area contributed by atoms with E-state index in [-0.39, 0.29) is 0 Å². The van der Waals surface area contributed by atoms with Gasteiger partial charge in [0.25, 0.3) is 0 Å². The summed E-state index contributed by atoms with van der Waals surface area (Å²) in [4.78, 5) is 9.15. The first kappa shape index (κ1) is 16.9. The van der Waals surface area contributed by atoms with Gasteiger partial charge in [0.1, 0.15) is 11.4 Å². The Morgan fingerprint density at radius 2 is 1.30 bits per heavy atom. The van der Waals surface area contributed by atoms with E-state index in [1.807, 2.05) is 45.0 Å². The number of rotatable bonds is 2. The first-order chi connectivity index (χ1) is 11.0. The van der Waals surface area contributed by atoms with Crippen LogP contribution in [0.4, 0.5) is 0 Å². The lowest BCUT2D eigenvalue weighted by atomic mass is 10.1. The molecule has 0 N–H and O–H groups in total. The number of fused-ring (bicyclic) bond motifs is 1. The van der Waals surface area contributed by atoms with Crippen molar-refractivity contribution < 1.29 is 4.74 Å². The van der Waals surface area contributed by atoms with Crippen molar-refractivity contribution in [1.29, 1.82) is 0 Å². The molecule has 3 rings (SSSR count). The number of nitrogens with zero attached hydrogens (tertiary/aromatic N) is 2. The van der Waals surface area contributed by atoms with Gasteiger partial charge in [-0.25, -0.2) is 9.97 Å². The predicted octanol–water partition coefficient (Wildman–Crippen LogP) is 5.68. The van der Waals surface area contributed by atoms with E-state index in [9.17, 15) is 0 Å². The van der Waals surface area contributed by atoms with Crippen LogP contribution in [-0.4, -0.2) is 9.97 Å². The average molecular weight is 308 g/mol. The smallest absolute Gasteiger partial charge is 0.241 e. The monoisotopic (exact) mass is 308 g/mol. The molecule has 0 fully saturated rings. The topological polar surface area (TPSA) is 35.0 Å². The molecule has 0 spiro atoms. The largest absolute Gasteiger partial charge is 0.437 e. The van der Waals surface area contributed by atoms with Crippen molar-refractivity contribution >= 4 is 11.0 Å². The van der Waals surface area contributed by atoms with Crippen molar-refractivity contribution in [2.45, 2.75) is 41.5 Å². The molecule has 0 aliphatic carbocycles. The third kappa shape index (κ3) is 3.67. The van der Waals surface area contributed by atoms with Crippen molar-refractivity contribution in [3.05, 3.63) is 58.8 Å². The lowest BCUT2D eigenvalue weighted by Crippen LogP contribution is -1.98. The molecular formula is C20H24N2O. The van der Waals surface area contributed by atoms with Gasteiger partial charge in [-0.15, -0.1) is 0 Å². The summed E-state index contributed by atoms with van der Waals surface area (Å²) in [7, 11) is 0. The lowest BCUT2D eigenvalue weighted by molar-refractivity contribution is 0.451. The standard InChI is InChI=1S/C18H18N2O.C2H6/c1-11-9-12(2)17(13(3)10-11)21-18-14(4)19-15-7-5-6-8-16(15)20-18;1-2/h5-10H,1-4H3;1-2H3. The number of hydrogen-bond acceptors (Lipinski definition) is 3. The van der Waals surface area contributed by atoms with E-state index < -0.39 is 0 Å². The first-order valence-corrected chi connectivity index (χ1v) is 8.03. The van der Waals surface area contributed by atoms with Crippen LogP contribution in [0.5, 0.6) is 11.6 Å². The summed E-state index contributed by atoms with van der Waals surface area (Å²) in [6, 6.07) is 12.1. The van der Waals surface area contributed by atoms with Crippen LogP contribution in [0.3, 0.4) is 0 Å². The number of hydrogen-bond donors (Lipinski definition) is 0. The number of ether oxygens (including phenoxy) is 1. The quantitative estimate of drug-likeness (QED) is 0.610. The molecule has 120 valence electrons. The molecule has 0 atom stereocenters. The first-order valence-electron chi connectivity index (χ1n) is 8.03. The molecule has 2 aromatic carbocycles. The molecule has 0 aliphatic rings. The molecule has 0 bridgehead atoms. The molecule has 0 amide bonds. The van der Waals surface area contributed by atoms with Crippen molar-refractivity contribution in [2.75, 3.05) is 0 Å². The molecule has 0 aliphatic heterocycles. The molecule has 0 radical (unpaired) electrons. The number of benzene rings is 2. The third-order valence-electron chi connectivity index (χ3n) is 3.50. The Kier molecular flexibility index (Phi) is 5.32. The number of aromatic nitrogens is 2. The highest BCUT2D eigenvalue weighted by Gasteiger charge is 2.11. The van der Waals surface area contributed by atoms with Gasteiger partial charge in [-0.2, -0.15) is 0 Å². The highest BCUT2D eigenvalue weighted by molar-refractivity contribution is 5.74. The fourth-order valence-corrected chi connectivity index (χ4v) is 2.59. The molecule has 3 aromatic rings. The molecule has 0 unspecified atom stereocenters. The third-order valence-corrected chi connectivity index (χ3v) is 3.50. The Labute approximate surface area is 138 Å². The van der Waals surface area contributed by atoms with Crippen molar-refractivity contribution in [3.8, 4) is 11.6 Å². The van der Waals surface area contributed by atoms with Gasteiger partial charge in [-0.1, -0.05) is 43.7 Å². The molecule has 0 saturated carbocycles. The van der Waals surface area contributed by atoms with Gasteiger partial charge in [-0.05, 0) is 51.0 Å². The molecule has 3 heteroatoms. The summed E-state index contributed by atoms with van der Waals surface area (Å²) in [6.07, 6.45) is 0. The Balaban J connectivity index is 0.000000924. The maximum Gasteiger partial charge on any atom is 0.241 e. The molecule has 3 nitrogen and oxygen atoms in total. The molecule has 23 heavy (non-hydrogen) atoms. The Bertz CT molecular complexity index is 802. The van der Waals surface area contributed by atoms with E-state index in [4.69, 9.17) is 4.74 Å². The van der Waals surface area contributed by atoms with Gasteiger partial charge in [0.15, 0.2) is 0 Å². The van der Waals surface area contributed by atoms with Crippen LogP contribution in [0.1, 0.15) is 36.2 Å². The highest BCUT2D eigenvalue weighted by Crippen LogP contribution is 2.30. The van der Waals surface area contributed by atoms with E-state index >= 15 is 0 Å². The van der Waals surface area contributed by atoms with Gasteiger partial charge >= 0.3 is 0 Å². The summed E-state index contributed by atoms with van der Waals surface area (Å²) in [5.41, 5.74) is 6.00. The SMILES string of the molecule is CC.Cc1cc(C)c(Oc2nc3ccccc3nc2C)c(C)c1. The maximum atomic E-state index is 6.06. The normalized spacial score (nSPS) is 10.2. The highest BCUT2D eigenvalue weighted by atomic mass is 16.5. The fourth-order valence-electron chi connectivity index (χ4n) is 2.59. The fraction of sp³-hybridized carbons (Fsp3) is 0.300. The average Bonchev–Trinajstić information content (AvgIpc) is 2.53. The Morgan fingerprint density at radius 1 is 0.783 bits per heavy atom. The van der Waals surface area contributed by atoms with E-state index in [1.54, 1.807) is 0 Å². The molecule has 1 heterocycles. The minimum absolute atomic E-state index is 0.573. The zero-order valence-electron chi connectivity index (χ0n) is 14.8. The van der Waals surface area contributed by atoms with Crippen molar-refractivity contribution in [3.63, 3.8) is 0 Å². The molecular weight excluding hydrogens is 284 g/mol. The minimum atomic E-state index is 0.573. The van der Waals surface area contributed by atoms with Crippen molar-refractivity contribution in [1.82, 2.24) is 9.97 Å². The van der Waals surface area contributed by atoms with E-state index in [0.717, 1.165) is 33.6 Å². The Morgan fingerprint density at radius 3 is 1.87 bits per heavy atom. The van der Waals surface area contributed by atoms with Crippen LogP contribution in [0, 0.1) is 27.7 Å². The molecule has 0 saturated heterocycles. The van der Waals surface area contributed by atoms with Gasteiger partial charge in [0.2, 0.25) is 5.88 Å². The van der Waals surface area contributed by atoms with E-state index in [2.05, 4.69) is 42.9 Å². The van der Waals surface area contributed by atoms with Crippen LogP contribution in [0.25, 0.3) is 11.0 Å². The zero-order valence-corrected chi connectivity index (χ0v) is 14.8. The number of para-hydroxylation sites is 2. The molecule has 1 aromatic heterocycles. The van der Waals surface area contributed by atoms with Gasteiger partial charge in [0, 0.05) is 0 Å². The second-order valence-electron chi connectivity index (χ2n) is 5.43. The summed E-state index contributed by atoms with van der Waals surface area (Å²) in [5, 5.41) is 0. The van der Waals surface area contributed by atoms with Crippen LogP contribution in [0.2, 0.25) is 0 Å². The second-order valence-corrected chi connectivity index (χ2v) is 5.43. The van der Waals surface area contributed by atoms with Crippen LogP contribution >= 0.6 is 0 Å². The van der Waals surface area contributed by atoms with Crippen LogP contribution in [0.15, 0.2) is 36.4 Å². The van der Waals surface area contributed by atoms with E-state index in [1.165, 1.54) is 5.56 Å². The van der Waals surface area contributed by atoms with Gasteiger partial charge < -0.3 is 4.74 Å². The zero-order chi connectivity index (χ0) is 17.0.